The number of rotatable bonds is 4. The zero-order chi connectivity index (χ0) is 15.1. The number of hydrogen-bond acceptors (Lipinski definition) is 5. The van der Waals surface area contributed by atoms with Crippen molar-refractivity contribution < 1.29 is 4.79 Å². The van der Waals surface area contributed by atoms with Crippen LogP contribution in [0.1, 0.15) is 6.42 Å². The molecule has 0 radical (unpaired) electrons. The van der Waals surface area contributed by atoms with Crippen LogP contribution in [0.25, 0.3) is 0 Å². The van der Waals surface area contributed by atoms with Crippen molar-refractivity contribution in [1.82, 2.24) is 10.6 Å². The lowest BCUT2D eigenvalue weighted by molar-refractivity contribution is -0.112. The molecule has 21 heavy (non-hydrogen) atoms. The molecule has 6 heteroatoms. The molecule has 104 valence electrons. The third-order valence-corrected chi connectivity index (χ3v) is 3.04. The highest BCUT2D eigenvalue weighted by molar-refractivity contribution is 6.05. The molecule has 0 atom stereocenters. The first kappa shape index (κ1) is 14.2. The normalized spacial score (nSPS) is 15.0. The number of nitrogens with one attached hydrogen (secondary N) is 3. The fourth-order valence-corrected chi connectivity index (χ4v) is 1.95. The fourth-order valence-electron chi connectivity index (χ4n) is 1.95. The topological polar surface area (TPSA) is 101 Å². The number of carbonyl (C=O) groups excluding carboxylic acids is 1. The molecule has 1 aliphatic carbocycles. The van der Waals surface area contributed by atoms with Gasteiger partial charge in [-0.25, -0.2) is 0 Å². The monoisotopic (exact) mass is 279 g/mol. The molecule has 0 heterocycles. The molecule has 0 fully saturated rings. The highest BCUT2D eigenvalue weighted by Gasteiger charge is 2.28. The summed E-state index contributed by atoms with van der Waals surface area (Å²) in [5.41, 5.74) is 0.230. The summed E-state index contributed by atoms with van der Waals surface area (Å²) in [6, 6.07) is 9.12. The van der Waals surface area contributed by atoms with Crippen LogP contribution in [-0.2, 0) is 4.79 Å². The second kappa shape index (κ2) is 6.27. The summed E-state index contributed by atoms with van der Waals surface area (Å²) in [5.74, 6) is -0.236. The van der Waals surface area contributed by atoms with E-state index in [1.54, 1.807) is 42.7 Å². The minimum atomic E-state index is -0.958. The smallest absolute Gasteiger partial charge is 0.255 e. The van der Waals surface area contributed by atoms with Gasteiger partial charge in [0.15, 0.2) is 12.4 Å². The summed E-state index contributed by atoms with van der Waals surface area (Å²) < 4.78 is 0. The van der Waals surface area contributed by atoms with Gasteiger partial charge < -0.3 is 5.32 Å². The number of amides is 1. The van der Waals surface area contributed by atoms with Gasteiger partial charge in [0.05, 0.1) is 0 Å². The van der Waals surface area contributed by atoms with Crippen LogP contribution in [0.4, 0.5) is 5.69 Å². The van der Waals surface area contributed by atoms with Crippen molar-refractivity contribution in [2.45, 2.75) is 12.1 Å². The van der Waals surface area contributed by atoms with Crippen molar-refractivity contribution in [3.8, 4) is 12.4 Å². The molecule has 3 N–H and O–H groups in total. The number of nitriles is 2. The SMILES string of the molecule is N#CNC1(NC#N)C=CC(C(=O)Nc2ccccc2)=CC1. The van der Waals surface area contributed by atoms with Gasteiger partial charge in [0.25, 0.3) is 5.91 Å². The average Bonchev–Trinajstić information content (AvgIpc) is 2.49. The predicted molar refractivity (Wildman–Crippen MR) is 77.1 cm³/mol. The van der Waals surface area contributed by atoms with Crippen LogP contribution in [0, 0.1) is 22.9 Å². The van der Waals surface area contributed by atoms with Crippen LogP contribution in [-0.4, -0.2) is 11.6 Å². The van der Waals surface area contributed by atoms with E-state index in [2.05, 4.69) is 16.0 Å². The molecule has 0 saturated carbocycles. The van der Waals surface area contributed by atoms with E-state index in [-0.39, 0.29) is 5.91 Å². The summed E-state index contributed by atoms with van der Waals surface area (Å²) >= 11 is 0. The van der Waals surface area contributed by atoms with Gasteiger partial charge in [-0.1, -0.05) is 24.3 Å². The molecular weight excluding hydrogens is 266 g/mol. The minimum absolute atomic E-state index is 0.236. The molecule has 0 bridgehead atoms. The number of hydrogen-bond donors (Lipinski definition) is 3. The number of nitrogens with zero attached hydrogens (tertiary/aromatic N) is 2. The van der Waals surface area contributed by atoms with Gasteiger partial charge in [-0.3, -0.25) is 15.4 Å². The molecule has 0 aliphatic heterocycles. The van der Waals surface area contributed by atoms with Gasteiger partial charge in [0, 0.05) is 17.7 Å². The van der Waals surface area contributed by atoms with Gasteiger partial charge in [0.1, 0.15) is 5.66 Å². The third kappa shape index (κ3) is 3.40. The molecule has 0 unspecified atom stereocenters. The van der Waals surface area contributed by atoms with E-state index >= 15 is 0 Å². The quantitative estimate of drug-likeness (QED) is 0.439. The fraction of sp³-hybridized carbons (Fsp3) is 0.133. The zero-order valence-electron chi connectivity index (χ0n) is 11.1. The predicted octanol–water partition coefficient (Wildman–Crippen LogP) is 1.35. The Hall–Kier alpha value is -3.25. The van der Waals surface area contributed by atoms with Gasteiger partial charge >= 0.3 is 0 Å². The largest absolute Gasteiger partial charge is 0.322 e. The molecule has 2 rings (SSSR count). The van der Waals surface area contributed by atoms with E-state index in [4.69, 9.17) is 10.5 Å². The van der Waals surface area contributed by atoms with E-state index in [0.717, 1.165) is 0 Å². The van der Waals surface area contributed by atoms with Gasteiger partial charge in [-0.05, 0) is 24.3 Å². The average molecular weight is 279 g/mol. The van der Waals surface area contributed by atoms with Crippen LogP contribution in [0.3, 0.4) is 0 Å². The highest BCUT2D eigenvalue weighted by atomic mass is 16.1. The molecule has 0 saturated heterocycles. The molecule has 1 aromatic carbocycles. The Morgan fingerprint density at radius 1 is 1.14 bits per heavy atom. The standard InChI is InChI=1S/C15H13N5O/c16-10-18-15(19-11-17)8-6-12(7-9-15)14(21)20-13-4-2-1-3-5-13/h1-8,18-19H,9H2,(H,20,21). The maximum Gasteiger partial charge on any atom is 0.255 e. The lowest BCUT2D eigenvalue weighted by atomic mass is 9.96. The number of benzene rings is 1. The van der Waals surface area contributed by atoms with Gasteiger partial charge in [-0.2, -0.15) is 10.5 Å². The maximum absolute atomic E-state index is 12.1. The van der Waals surface area contributed by atoms with Crippen molar-refractivity contribution in [1.29, 1.82) is 10.5 Å². The summed E-state index contributed by atoms with van der Waals surface area (Å²) in [6.07, 6.45) is 8.76. The third-order valence-electron chi connectivity index (χ3n) is 3.04. The Kier molecular flexibility index (Phi) is 4.23. The molecular formula is C15H13N5O. The van der Waals surface area contributed by atoms with Gasteiger partial charge in [0.2, 0.25) is 0 Å². The molecule has 1 aromatic rings. The molecule has 0 spiro atoms. The Balaban J connectivity index is 2.06. The lowest BCUT2D eigenvalue weighted by Crippen LogP contribution is -2.52. The van der Waals surface area contributed by atoms with E-state index in [1.807, 2.05) is 18.2 Å². The Morgan fingerprint density at radius 3 is 2.33 bits per heavy atom. The Morgan fingerprint density at radius 2 is 1.81 bits per heavy atom. The first-order valence-electron chi connectivity index (χ1n) is 6.27. The van der Waals surface area contributed by atoms with E-state index in [9.17, 15) is 4.79 Å². The molecule has 1 aliphatic rings. The molecule has 1 amide bonds. The maximum atomic E-state index is 12.1. The van der Waals surface area contributed by atoms with Crippen molar-refractivity contribution in [2.24, 2.45) is 0 Å². The number of para-hydroxylation sites is 1. The van der Waals surface area contributed by atoms with Crippen LogP contribution in [0.5, 0.6) is 0 Å². The van der Waals surface area contributed by atoms with E-state index in [1.165, 1.54) is 0 Å². The van der Waals surface area contributed by atoms with Crippen molar-refractivity contribution in [3.05, 3.63) is 54.1 Å². The Labute approximate surface area is 122 Å². The van der Waals surface area contributed by atoms with Crippen LogP contribution >= 0.6 is 0 Å². The minimum Gasteiger partial charge on any atom is -0.322 e. The van der Waals surface area contributed by atoms with Crippen molar-refractivity contribution in [3.63, 3.8) is 0 Å². The summed E-state index contributed by atoms with van der Waals surface area (Å²) in [4.78, 5) is 12.1. The summed E-state index contributed by atoms with van der Waals surface area (Å²) in [6.45, 7) is 0. The van der Waals surface area contributed by atoms with Crippen molar-refractivity contribution in [2.75, 3.05) is 5.32 Å². The van der Waals surface area contributed by atoms with E-state index < -0.39 is 5.66 Å². The van der Waals surface area contributed by atoms with Crippen LogP contribution in [0.15, 0.2) is 54.1 Å². The lowest BCUT2D eigenvalue weighted by Gasteiger charge is -2.29. The molecule has 6 nitrogen and oxygen atoms in total. The number of anilines is 1. The first-order valence-corrected chi connectivity index (χ1v) is 6.27. The zero-order valence-corrected chi connectivity index (χ0v) is 11.1. The first-order chi connectivity index (χ1) is 10.2. The van der Waals surface area contributed by atoms with E-state index in [0.29, 0.717) is 17.7 Å². The van der Waals surface area contributed by atoms with Crippen molar-refractivity contribution >= 4 is 11.6 Å². The highest BCUT2D eigenvalue weighted by Crippen LogP contribution is 2.19. The van der Waals surface area contributed by atoms with Crippen LogP contribution in [0.2, 0.25) is 0 Å². The number of carbonyl (C=O) groups is 1. The summed E-state index contributed by atoms with van der Waals surface area (Å²) in [5, 5.41) is 25.3. The Bertz CT molecular complexity index is 648. The summed E-state index contributed by atoms with van der Waals surface area (Å²) in [7, 11) is 0. The second-order valence-corrected chi connectivity index (χ2v) is 4.46. The second-order valence-electron chi connectivity index (χ2n) is 4.46. The molecule has 0 aromatic heterocycles. The van der Waals surface area contributed by atoms with Gasteiger partial charge in [-0.15, -0.1) is 0 Å². The van der Waals surface area contributed by atoms with Crippen LogP contribution < -0.4 is 16.0 Å².